The highest BCUT2D eigenvalue weighted by Gasteiger charge is 2.08. The quantitative estimate of drug-likeness (QED) is 0.797. The van der Waals surface area contributed by atoms with Gasteiger partial charge in [0, 0.05) is 14.1 Å². The van der Waals surface area contributed by atoms with E-state index >= 15 is 0 Å². The first-order valence-electron chi connectivity index (χ1n) is 4.73. The van der Waals surface area contributed by atoms with Crippen molar-refractivity contribution in [3.63, 3.8) is 0 Å². The van der Waals surface area contributed by atoms with Crippen molar-refractivity contribution in [3.8, 4) is 11.4 Å². The van der Waals surface area contributed by atoms with Crippen LogP contribution in [0.5, 0.6) is 0 Å². The largest absolute Gasteiger partial charge is 0.372 e. The van der Waals surface area contributed by atoms with Crippen LogP contribution in [0.1, 0.15) is 5.56 Å². The van der Waals surface area contributed by atoms with Gasteiger partial charge in [-0.05, 0) is 24.6 Å². The smallest absolute Gasteiger partial charge is 0.148 e. The molecule has 0 fully saturated rings. The summed E-state index contributed by atoms with van der Waals surface area (Å²) < 4.78 is 1.80. The van der Waals surface area contributed by atoms with Crippen molar-refractivity contribution in [2.24, 2.45) is 7.05 Å². The van der Waals surface area contributed by atoms with Gasteiger partial charge in [0.05, 0.1) is 11.9 Å². The molecule has 0 saturated heterocycles. The van der Waals surface area contributed by atoms with Crippen LogP contribution in [-0.4, -0.2) is 27.0 Å². The van der Waals surface area contributed by atoms with E-state index in [9.17, 15) is 0 Å². The van der Waals surface area contributed by atoms with E-state index in [1.165, 1.54) is 0 Å². The maximum absolute atomic E-state index is 4.17. The molecule has 15 heavy (non-hydrogen) atoms. The molecule has 0 aliphatic heterocycles. The second-order valence-corrected chi connectivity index (χ2v) is 3.35. The summed E-state index contributed by atoms with van der Waals surface area (Å²) >= 11 is 0. The summed E-state index contributed by atoms with van der Waals surface area (Å²) in [5, 5.41) is 15.3. The fraction of sp³-hybridized carbons (Fsp3) is 0.300. The van der Waals surface area contributed by atoms with E-state index in [-0.39, 0.29) is 0 Å². The summed E-state index contributed by atoms with van der Waals surface area (Å²) in [6.07, 6.45) is 1.82. The molecule has 2 aromatic rings. The molecule has 0 bridgehead atoms. The zero-order valence-electron chi connectivity index (χ0n) is 9.02. The molecule has 78 valence electrons. The van der Waals surface area contributed by atoms with Gasteiger partial charge in [-0.2, -0.15) is 5.10 Å². The molecule has 0 atom stereocenters. The molecular weight excluding hydrogens is 190 g/mol. The molecule has 2 aromatic heterocycles. The minimum absolute atomic E-state index is 0.763. The minimum atomic E-state index is 0.763. The van der Waals surface area contributed by atoms with E-state index in [2.05, 4.69) is 20.6 Å². The Hall–Kier alpha value is -1.91. The Morgan fingerprint density at radius 3 is 2.53 bits per heavy atom. The second kappa shape index (κ2) is 3.68. The van der Waals surface area contributed by atoms with E-state index in [0.29, 0.717) is 0 Å². The highest BCUT2D eigenvalue weighted by Crippen LogP contribution is 2.19. The van der Waals surface area contributed by atoms with Crippen LogP contribution in [0.15, 0.2) is 18.3 Å². The summed E-state index contributed by atoms with van der Waals surface area (Å²) in [6.45, 7) is 2.01. The van der Waals surface area contributed by atoms with Crippen molar-refractivity contribution < 1.29 is 0 Å². The van der Waals surface area contributed by atoms with Crippen LogP contribution in [0.25, 0.3) is 11.4 Å². The molecule has 0 radical (unpaired) electrons. The van der Waals surface area contributed by atoms with Crippen LogP contribution in [0.2, 0.25) is 0 Å². The van der Waals surface area contributed by atoms with Crippen molar-refractivity contribution in [2.45, 2.75) is 6.92 Å². The number of aryl methyl sites for hydroxylation is 2. The predicted octanol–water partition coefficient (Wildman–Crippen LogP) is 1.23. The van der Waals surface area contributed by atoms with E-state index in [0.717, 1.165) is 22.8 Å². The van der Waals surface area contributed by atoms with Crippen LogP contribution in [-0.2, 0) is 7.05 Å². The number of hydrogen-bond acceptors (Lipinski definition) is 4. The molecule has 0 unspecified atom stereocenters. The lowest BCUT2D eigenvalue weighted by Crippen LogP contribution is -1.99. The molecule has 0 aliphatic rings. The third-order valence-corrected chi connectivity index (χ3v) is 2.29. The number of rotatable bonds is 2. The fourth-order valence-electron chi connectivity index (χ4n) is 1.51. The van der Waals surface area contributed by atoms with Crippen molar-refractivity contribution in [1.29, 1.82) is 0 Å². The first kappa shape index (κ1) is 9.64. The number of nitrogens with zero attached hydrogens (tertiary/aromatic N) is 4. The van der Waals surface area contributed by atoms with E-state index in [1.807, 2.05) is 39.3 Å². The second-order valence-electron chi connectivity index (χ2n) is 3.35. The van der Waals surface area contributed by atoms with Crippen LogP contribution in [0.3, 0.4) is 0 Å². The van der Waals surface area contributed by atoms with Gasteiger partial charge >= 0.3 is 0 Å². The number of nitrogens with one attached hydrogen (secondary N) is 1. The summed E-state index contributed by atoms with van der Waals surface area (Å²) in [7, 11) is 3.72. The third-order valence-electron chi connectivity index (χ3n) is 2.29. The van der Waals surface area contributed by atoms with Gasteiger partial charge in [0.1, 0.15) is 11.5 Å². The zero-order valence-corrected chi connectivity index (χ0v) is 9.02. The van der Waals surface area contributed by atoms with E-state index in [4.69, 9.17) is 0 Å². The SMILES string of the molecule is CNc1ccc(-c2c(C)cnn2C)nn1. The average Bonchev–Trinajstić information content (AvgIpc) is 2.59. The molecule has 0 amide bonds. The lowest BCUT2D eigenvalue weighted by molar-refractivity contribution is 0.770. The van der Waals surface area contributed by atoms with Crippen LogP contribution in [0, 0.1) is 6.92 Å². The van der Waals surface area contributed by atoms with Crippen LogP contribution in [0.4, 0.5) is 5.82 Å². The van der Waals surface area contributed by atoms with Crippen LogP contribution < -0.4 is 5.32 Å². The van der Waals surface area contributed by atoms with Gasteiger partial charge in [-0.1, -0.05) is 0 Å². The Bertz CT molecular complexity index is 438. The summed E-state index contributed by atoms with van der Waals surface area (Å²) in [6, 6.07) is 3.83. The van der Waals surface area contributed by atoms with Gasteiger partial charge < -0.3 is 5.32 Å². The van der Waals surface area contributed by atoms with Crippen molar-refractivity contribution in [1.82, 2.24) is 20.0 Å². The van der Waals surface area contributed by atoms with Crippen LogP contribution >= 0.6 is 0 Å². The lowest BCUT2D eigenvalue weighted by atomic mass is 10.2. The highest BCUT2D eigenvalue weighted by atomic mass is 15.3. The molecule has 0 saturated carbocycles. The fourth-order valence-corrected chi connectivity index (χ4v) is 1.51. The number of hydrogen-bond donors (Lipinski definition) is 1. The Morgan fingerprint density at radius 1 is 1.27 bits per heavy atom. The van der Waals surface area contributed by atoms with E-state index < -0.39 is 0 Å². The molecule has 0 aromatic carbocycles. The minimum Gasteiger partial charge on any atom is -0.372 e. The van der Waals surface area contributed by atoms with E-state index in [1.54, 1.807) is 4.68 Å². The van der Waals surface area contributed by atoms with Crippen molar-refractivity contribution >= 4 is 5.82 Å². The molecule has 0 spiro atoms. The normalized spacial score (nSPS) is 10.3. The Labute approximate surface area is 88.1 Å². The maximum Gasteiger partial charge on any atom is 0.148 e. The summed E-state index contributed by atoms with van der Waals surface area (Å²) in [5.41, 5.74) is 2.95. The zero-order chi connectivity index (χ0) is 10.8. The van der Waals surface area contributed by atoms with Gasteiger partial charge in [0.25, 0.3) is 0 Å². The van der Waals surface area contributed by atoms with Gasteiger partial charge in [0.15, 0.2) is 0 Å². The predicted molar refractivity (Wildman–Crippen MR) is 58.5 cm³/mol. The van der Waals surface area contributed by atoms with Crippen molar-refractivity contribution in [2.75, 3.05) is 12.4 Å². The van der Waals surface area contributed by atoms with Gasteiger partial charge in [-0.25, -0.2) is 0 Å². The Balaban J connectivity index is 2.45. The molecule has 1 N–H and O–H groups in total. The molecule has 5 nitrogen and oxygen atoms in total. The lowest BCUT2D eigenvalue weighted by Gasteiger charge is -2.03. The van der Waals surface area contributed by atoms with Gasteiger partial charge in [0.2, 0.25) is 0 Å². The standard InChI is InChI=1S/C10H13N5/c1-7-6-12-15(3)10(7)8-4-5-9(11-2)14-13-8/h4-6H,1-3H3,(H,11,14). The summed E-state index contributed by atoms with van der Waals surface area (Å²) in [4.78, 5) is 0. The Morgan fingerprint density at radius 2 is 2.07 bits per heavy atom. The number of aromatic nitrogens is 4. The third kappa shape index (κ3) is 1.68. The van der Waals surface area contributed by atoms with Gasteiger partial charge in [-0.3, -0.25) is 4.68 Å². The highest BCUT2D eigenvalue weighted by molar-refractivity contribution is 5.59. The first-order valence-corrected chi connectivity index (χ1v) is 4.73. The summed E-state index contributed by atoms with van der Waals surface area (Å²) in [5.74, 6) is 0.763. The molecular formula is C10H13N5. The number of anilines is 1. The first-order chi connectivity index (χ1) is 7.22. The molecule has 2 heterocycles. The van der Waals surface area contributed by atoms with Gasteiger partial charge in [-0.15, -0.1) is 10.2 Å². The monoisotopic (exact) mass is 203 g/mol. The molecule has 2 rings (SSSR count). The topological polar surface area (TPSA) is 55.6 Å². The average molecular weight is 203 g/mol. The molecule has 5 heteroatoms. The van der Waals surface area contributed by atoms with Crippen molar-refractivity contribution in [3.05, 3.63) is 23.9 Å². The Kier molecular flexibility index (Phi) is 2.37. The molecule has 0 aliphatic carbocycles. The maximum atomic E-state index is 4.17.